The zero-order valence-electron chi connectivity index (χ0n) is 14.3. The number of rotatable bonds is 8. The fourth-order valence-corrected chi connectivity index (χ4v) is 4.15. The summed E-state index contributed by atoms with van der Waals surface area (Å²) in [5, 5.41) is 2.67. The quantitative estimate of drug-likeness (QED) is 0.734. The second kappa shape index (κ2) is 8.37. The molecule has 1 aliphatic rings. The number of furan rings is 1. The van der Waals surface area contributed by atoms with Crippen molar-refractivity contribution in [2.45, 2.75) is 43.2 Å². The molecule has 2 N–H and O–H groups in total. The number of hydrogen-bond donors (Lipinski definition) is 2. The van der Waals surface area contributed by atoms with Gasteiger partial charge in [0, 0.05) is 6.04 Å². The third-order valence-electron chi connectivity index (χ3n) is 4.22. The Morgan fingerprint density at radius 3 is 2.54 bits per heavy atom. The zero-order valence-corrected chi connectivity index (χ0v) is 15.1. The minimum Gasteiger partial charge on any atom is -0.484 e. The molecular formula is C18H22N2O5S. The molecular weight excluding hydrogens is 356 g/mol. The van der Waals surface area contributed by atoms with Gasteiger partial charge in [-0.15, -0.1) is 0 Å². The Balaban J connectivity index is 1.48. The Morgan fingerprint density at radius 1 is 1.15 bits per heavy atom. The average Bonchev–Trinajstić information content (AvgIpc) is 3.32. The molecule has 1 amide bonds. The Hall–Kier alpha value is -2.32. The standard InChI is InChI=1S/C18H22N2O5S/c21-18(19-12-16-6-3-11-24-16)13-25-15-7-9-17(10-8-15)26(22,23)20-14-4-1-2-5-14/h3,6-11,14,20H,1-2,4-5,12-13H2,(H,19,21). The van der Waals surface area contributed by atoms with Crippen LogP contribution in [0.4, 0.5) is 0 Å². The molecule has 7 nitrogen and oxygen atoms in total. The first-order chi connectivity index (χ1) is 12.5. The lowest BCUT2D eigenvalue weighted by Gasteiger charge is -2.13. The molecule has 0 bridgehead atoms. The van der Waals surface area contributed by atoms with Gasteiger partial charge in [0.05, 0.1) is 17.7 Å². The van der Waals surface area contributed by atoms with Crippen LogP contribution < -0.4 is 14.8 Å². The third-order valence-corrected chi connectivity index (χ3v) is 5.76. The van der Waals surface area contributed by atoms with Gasteiger partial charge in [0.15, 0.2) is 6.61 Å². The van der Waals surface area contributed by atoms with Crippen molar-refractivity contribution < 1.29 is 22.4 Å². The summed E-state index contributed by atoms with van der Waals surface area (Å²) in [6.07, 6.45) is 5.42. The van der Waals surface area contributed by atoms with E-state index in [4.69, 9.17) is 9.15 Å². The number of carbonyl (C=O) groups excluding carboxylic acids is 1. The molecule has 0 radical (unpaired) electrons. The molecule has 1 heterocycles. The summed E-state index contributed by atoms with van der Waals surface area (Å²) in [6, 6.07) is 9.58. The largest absolute Gasteiger partial charge is 0.484 e. The van der Waals surface area contributed by atoms with Gasteiger partial charge in [0.1, 0.15) is 11.5 Å². The maximum Gasteiger partial charge on any atom is 0.258 e. The van der Waals surface area contributed by atoms with Crippen molar-refractivity contribution in [2.75, 3.05) is 6.61 Å². The molecule has 1 fully saturated rings. The molecule has 0 saturated heterocycles. The van der Waals surface area contributed by atoms with E-state index < -0.39 is 10.0 Å². The first kappa shape index (κ1) is 18.5. The molecule has 1 saturated carbocycles. The van der Waals surface area contributed by atoms with E-state index >= 15 is 0 Å². The molecule has 0 aliphatic heterocycles. The number of carbonyl (C=O) groups is 1. The minimum atomic E-state index is -3.52. The molecule has 0 atom stereocenters. The Morgan fingerprint density at radius 2 is 1.88 bits per heavy atom. The summed E-state index contributed by atoms with van der Waals surface area (Å²) >= 11 is 0. The first-order valence-electron chi connectivity index (χ1n) is 8.57. The third kappa shape index (κ3) is 5.09. The second-order valence-corrected chi connectivity index (χ2v) is 7.93. The highest BCUT2D eigenvalue weighted by Crippen LogP contribution is 2.21. The normalized spacial score (nSPS) is 15.1. The molecule has 1 aromatic carbocycles. The summed E-state index contributed by atoms with van der Waals surface area (Å²) in [5.74, 6) is 0.793. The van der Waals surface area contributed by atoms with Crippen LogP contribution in [0.15, 0.2) is 52.0 Å². The lowest BCUT2D eigenvalue weighted by Crippen LogP contribution is -2.32. The van der Waals surface area contributed by atoms with Crippen LogP contribution in [-0.2, 0) is 21.4 Å². The van der Waals surface area contributed by atoms with Gasteiger partial charge in [-0.25, -0.2) is 13.1 Å². The molecule has 8 heteroatoms. The number of hydrogen-bond acceptors (Lipinski definition) is 5. The van der Waals surface area contributed by atoms with Crippen LogP contribution in [-0.4, -0.2) is 27.0 Å². The van der Waals surface area contributed by atoms with Crippen molar-refractivity contribution in [3.63, 3.8) is 0 Å². The van der Waals surface area contributed by atoms with Crippen molar-refractivity contribution in [3.05, 3.63) is 48.4 Å². The smallest absolute Gasteiger partial charge is 0.258 e. The summed E-state index contributed by atoms with van der Waals surface area (Å²) < 4.78 is 37.9. The van der Waals surface area contributed by atoms with Crippen molar-refractivity contribution >= 4 is 15.9 Å². The lowest BCUT2D eigenvalue weighted by molar-refractivity contribution is -0.123. The first-order valence-corrected chi connectivity index (χ1v) is 10.1. The summed E-state index contributed by atoms with van der Waals surface area (Å²) in [6.45, 7) is 0.131. The van der Waals surface area contributed by atoms with Crippen LogP contribution in [0, 0.1) is 0 Å². The molecule has 26 heavy (non-hydrogen) atoms. The van der Waals surface area contributed by atoms with E-state index in [1.807, 2.05) is 0 Å². The van der Waals surface area contributed by atoms with Crippen LogP contribution in [0.3, 0.4) is 0 Å². The number of sulfonamides is 1. The van der Waals surface area contributed by atoms with Gasteiger partial charge >= 0.3 is 0 Å². The van der Waals surface area contributed by atoms with Gasteiger partial charge in [-0.05, 0) is 49.2 Å². The van der Waals surface area contributed by atoms with Gasteiger partial charge in [0.2, 0.25) is 10.0 Å². The van der Waals surface area contributed by atoms with E-state index in [0.29, 0.717) is 18.1 Å². The fraction of sp³-hybridized carbons (Fsp3) is 0.389. The highest BCUT2D eigenvalue weighted by atomic mass is 32.2. The van der Waals surface area contributed by atoms with E-state index in [1.165, 1.54) is 18.4 Å². The molecule has 1 aliphatic carbocycles. The zero-order chi connectivity index (χ0) is 18.4. The van der Waals surface area contributed by atoms with E-state index in [1.54, 1.807) is 24.3 Å². The predicted molar refractivity (Wildman–Crippen MR) is 95.1 cm³/mol. The molecule has 1 aromatic heterocycles. The van der Waals surface area contributed by atoms with Gasteiger partial charge < -0.3 is 14.5 Å². The Bertz CT molecular complexity index is 810. The van der Waals surface area contributed by atoms with Gasteiger partial charge in [-0.3, -0.25) is 4.79 Å². The second-order valence-electron chi connectivity index (χ2n) is 6.22. The lowest BCUT2D eigenvalue weighted by atomic mass is 10.3. The number of amides is 1. The highest BCUT2D eigenvalue weighted by Gasteiger charge is 2.22. The van der Waals surface area contributed by atoms with Crippen molar-refractivity contribution in [1.82, 2.24) is 10.0 Å². The minimum absolute atomic E-state index is 0.0220. The summed E-state index contributed by atoms with van der Waals surface area (Å²) in [4.78, 5) is 11.9. The molecule has 140 valence electrons. The van der Waals surface area contributed by atoms with E-state index in [0.717, 1.165) is 25.7 Å². The number of nitrogens with one attached hydrogen (secondary N) is 2. The summed E-state index contributed by atoms with van der Waals surface area (Å²) in [7, 11) is -3.52. The van der Waals surface area contributed by atoms with E-state index in [2.05, 4.69) is 10.0 Å². The SMILES string of the molecule is O=C(COc1ccc(S(=O)(=O)NC2CCCC2)cc1)NCc1ccco1. The fourth-order valence-electron chi connectivity index (χ4n) is 2.84. The number of benzene rings is 1. The Kier molecular flexibility index (Phi) is 5.95. The van der Waals surface area contributed by atoms with Crippen LogP contribution in [0.25, 0.3) is 0 Å². The van der Waals surface area contributed by atoms with Crippen LogP contribution in [0.2, 0.25) is 0 Å². The topological polar surface area (TPSA) is 97.6 Å². The number of ether oxygens (including phenoxy) is 1. The van der Waals surface area contributed by atoms with E-state index in [9.17, 15) is 13.2 Å². The average molecular weight is 378 g/mol. The van der Waals surface area contributed by atoms with Crippen LogP contribution in [0.5, 0.6) is 5.75 Å². The maximum absolute atomic E-state index is 12.3. The summed E-state index contributed by atoms with van der Waals surface area (Å²) in [5.41, 5.74) is 0. The Labute approximate surface area is 152 Å². The van der Waals surface area contributed by atoms with Crippen molar-refractivity contribution in [1.29, 1.82) is 0 Å². The predicted octanol–water partition coefficient (Wildman–Crippen LogP) is 2.20. The van der Waals surface area contributed by atoms with Gasteiger partial charge in [0.25, 0.3) is 5.91 Å². The maximum atomic E-state index is 12.3. The van der Waals surface area contributed by atoms with E-state index in [-0.39, 0.29) is 23.5 Å². The molecule has 3 rings (SSSR count). The highest BCUT2D eigenvalue weighted by molar-refractivity contribution is 7.89. The molecule has 2 aromatic rings. The monoisotopic (exact) mass is 378 g/mol. The van der Waals surface area contributed by atoms with Gasteiger partial charge in [-0.2, -0.15) is 0 Å². The molecule has 0 spiro atoms. The van der Waals surface area contributed by atoms with Gasteiger partial charge in [-0.1, -0.05) is 12.8 Å². The molecule has 0 unspecified atom stereocenters. The van der Waals surface area contributed by atoms with Crippen molar-refractivity contribution in [3.8, 4) is 5.75 Å². The van der Waals surface area contributed by atoms with Crippen molar-refractivity contribution in [2.24, 2.45) is 0 Å². The van der Waals surface area contributed by atoms with Crippen LogP contribution in [0.1, 0.15) is 31.4 Å². The van der Waals surface area contributed by atoms with Crippen LogP contribution >= 0.6 is 0 Å².